The molecule has 1 aliphatic heterocycles. The zero-order chi connectivity index (χ0) is 19.5. The number of benzene rings is 1. The summed E-state index contributed by atoms with van der Waals surface area (Å²) in [7, 11) is 1.67. The van der Waals surface area contributed by atoms with E-state index in [4.69, 9.17) is 0 Å². The minimum atomic E-state index is -0.716. The smallest absolute Gasteiger partial charge is 0.342 e. The van der Waals surface area contributed by atoms with Gasteiger partial charge in [0.05, 0.1) is 23.8 Å². The van der Waals surface area contributed by atoms with Gasteiger partial charge in [0.25, 0.3) is 5.91 Å². The van der Waals surface area contributed by atoms with Crippen molar-refractivity contribution < 1.29 is 9.59 Å². The molecule has 2 aromatic heterocycles. The molecule has 0 unspecified atom stereocenters. The van der Waals surface area contributed by atoms with Gasteiger partial charge in [0.2, 0.25) is 0 Å². The van der Waals surface area contributed by atoms with Gasteiger partial charge in [-0.1, -0.05) is 30.3 Å². The Morgan fingerprint density at radius 1 is 1.21 bits per heavy atom. The fourth-order valence-electron chi connectivity index (χ4n) is 3.18. The first-order valence-corrected chi connectivity index (χ1v) is 8.95. The minimum absolute atomic E-state index is 0.218. The molecule has 1 aromatic carbocycles. The van der Waals surface area contributed by atoms with Crippen LogP contribution in [0.3, 0.4) is 0 Å². The van der Waals surface area contributed by atoms with Crippen LogP contribution in [-0.2, 0) is 11.2 Å². The van der Waals surface area contributed by atoms with Gasteiger partial charge in [0.15, 0.2) is 0 Å². The highest BCUT2D eigenvalue weighted by Crippen LogP contribution is 2.26. The van der Waals surface area contributed by atoms with Gasteiger partial charge in [0.1, 0.15) is 6.04 Å². The Bertz CT molecular complexity index is 1000. The predicted molar refractivity (Wildman–Crippen MR) is 105 cm³/mol. The van der Waals surface area contributed by atoms with Crippen LogP contribution in [0.1, 0.15) is 11.1 Å². The molecule has 8 nitrogen and oxygen atoms in total. The van der Waals surface area contributed by atoms with Crippen LogP contribution in [0.5, 0.6) is 0 Å². The van der Waals surface area contributed by atoms with E-state index in [2.05, 4.69) is 20.7 Å². The number of carbonyl (C=O) groups is 2. The number of carbonyl (C=O) groups excluding carboxylic acids is 2. The van der Waals surface area contributed by atoms with Crippen molar-refractivity contribution in [3.05, 3.63) is 72.3 Å². The molecule has 2 N–H and O–H groups in total. The van der Waals surface area contributed by atoms with Crippen LogP contribution in [0, 0.1) is 0 Å². The Morgan fingerprint density at radius 2 is 2.04 bits per heavy atom. The van der Waals surface area contributed by atoms with Crippen molar-refractivity contribution in [2.24, 2.45) is 0 Å². The molecule has 1 atom stereocenters. The molecule has 0 saturated heterocycles. The van der Waals surface area contributed by atoms with E-state index in [1.165, 1.54) is 9.58 Å². The molecule has 0 saturated carbocycles. The molecule has 2 amide bonds. The van der Waals surface area contributed by atoms with Crippen molar-refractivity contribution >= 4 is 23.3 Å². The molecular formula is C20H20N6O2. The van der Waals surface area contributed by atoms with Gasteiger partial charge in [0, 0.05) is 32.4 Å². The van der Waals surface area contributed by atoms with Gasteiger partial charge in [-0.25, -0.2) is 4.79 Å². The number of aromatic nitrogens is 3. The molecule has 3 aromatic rings. The van der Waals surface area contributed by atoms with Crippen molar-refractivity contribution in [2.75, 3.05) is 23.8 Å². The van der Waals surface area contributed by atoms with Gasteiger partial charge in [-0.2, -0.15) is 9.78 Å². The summed E-state index contributed by atoms with van der Waals surface area (Å²) in [5.41, 5.74) is 3.53. The molecule has 0 radical (unpaired) electrons. The van der Waals surface area contributed by atoms with Gasteiger partial charge >= 0.3 is 6.03 Å². The van der Waals surface area contributed by atoms with E-state index in [9.17, 15) is 9.59 Å². The molecule has 4 rings (SSSR count). The second-order valence-electron chi connectivity index (χ2n) is 6.63. The highest BCUT2D eigenvalue weighted by molar-refractivity contribution is 6.02. The molecule has 0 aliphatic carbocycles. The Labute approximate surface area is 162 Å². The second-order valence-corrected chi connectivity index (χ2v) is 6.63. The predicted octanol–water partition coefficient (Wildman–Crippen LogP) is 1.88. The van der Waals surface area contributed by atoms with Crippen LogP contribution in [0.4, 0.5) is 16.2 Å². The largest absolute Gasteiger partial charge is 0.381 e. The number of pyridine rings is 1. The summed E-state index contributed by atoms with van der Waals surface area (Å²) >= 11 is 0. The maximum Gasteiger partial charge on any atom is 0.342 e. The molecule has 0 spiro atoms. The third kappa shape index (κ3) is 3.57. The highest BCUT2D eigenvalue weighted by Gasteiger charge is 2.29. The van der Waals surface area contributed by atoms with Gasteiger partial charge in [-0.05, 0) is 17.2 Å². The van der Waals surface area contributed by atoms with Gasteiger partial charge in [-0.3, -0.25) is 9.78 Å². The number of nitrogens with one attached hydrogen (secondary N) is 2. The third-order valence-electron chi connectivity index (χ3n) is 4.68. The first-order chi connectivity index (χ1) is 13.6. The number of rotatable bonds is 3. The first kappa shape index (κ1) is 17.7. The number of hydrogen-bond acceptors (Lipinski definition) is 5. The molecule has 0 fully saturated rings. The number of likely N-dealkylation sites (N-methyl/N-ethyl adjacent to an activating group) is 1. The molecule has 0 bridgehead atoms. The lowest BCUT2D eigenvalue weighted by Crippen LogP contribution is -2.50. The monoisotopic (exact) mass is 376 g/mol. The van der Waals surface area contributed by atoms with Crippen molar-refractivity contribution in [3.8, 4) is 0 Å². The third-order valence-corrected chi connectivity index (χ3v) is 4.68. The van der Waals surface area contributed by atoms with Crippen molar-refractivity contribution in [2.45, 2.75) is 12.5 Å². The Balaban J connectivity index is 1.45. The number of anilines is 2. The quantitative estimate of drug-likeness (QED) is 0.728. The number of amides is 2. The van der Waals surface area contributed by atoms with Gasteiger partial charge in [-0.15, -0.1) is 0 Å². The summed E-state index contributed by atoms with van der Waals surface area (Å²) < 4.78 is 1.23. The van der Waals surface area contributed by atoms with E-state index in [-0.39, 0.29) is 12.5 Å². The Morgan fingerprint density at radius 3 is 2.86 bits per heavy atom. The van der Waals surface area contributed by atoms with Gasteiger partial charge < -0.3 is 15.5 Å². The topological polar surface area (TPSA) is 92.2 Å². The molecular weight excluding hydrogens is 356 g/mol. The molecule has 8 heteroatoms. The molecule has 1 aliphatic rings. The highest BCUT2D eigenvalue weighted by atomic mass is 16.2. The summed E-state index contributed by atoms with van der Waals surface area (Å²) in [6.45, 7) is 0.282. The van der Waals surface area contributed by atoms with Crippen LogP contribution in [0.2, 0.25) is 0 Å². The van der Waals surface area contributed by atoms with Crippen LogP contribution in [0.15, 0.2) is 61.2 Å². The maximum atomic E-state index is 12.7. The second kappa shape index (κ2) is 7.51. The SMILES string of the molecule is CN1C(=O)[C@@H](NC(=O)n2cc(Cc3ccccc3)cn2)CNc2ccncc21. The Kier molecular flexibility index (Phi) is 4.76. The van der Waals surface area contributed by atoms with Crippen LogP contribution >= 0.6 is 0 Å². The maximum absolute atomic E-state index is 12.7. The number of hydrogen-bond donors (Lipinski definition) is 2. The standard InChI is InChI=1S/C20H20N6O2/c1-25-18-12-21-8-7-16(18)22-11-17(19(25)27)24-20(28)26-13-15(10-23-26)9-14-5-3-2-4-6-14/h2-8,10,12-13,17,22H,9,11H2,1H3,(H,24,28)/t17-/m0/s1. The van der Waals surface area contributed by atoms with Crippen LogP contribution < -0.4 is 15.5 Å². The molecule has 28 heavy (non-hydrogen) atoms. The van der Waals surface area contributed by atoms with Crippen molar-refractivity contribution in [1.82, 2.24) is 20.1 Å². The summed E-state index contributed by atoms with van der Waals surface area (Å²) in [5.74, 6) is -0.218. The van der Waals surface area contributed by atoms with E-state index in [1.54, 1.807) is 37.9 Å². The lowest BCUT2D eigenvalue weighted by atomic mass is 10.1. The number of nitrogens with zero attached hydrogens (tertiary/aromatic N) is 4. The average molecular weight is 376 g/mol. The zero-order valence-corrected chi connectivity index (χ0v) is 15.4. The summed E-state index contributed by atoms with van der Waals surface area (Å²) in [6.07, 6.45) is 7.30. The zero-order valence-electron chi connectivity index (χ0n) is 15.4. The Hall–Kier alpha value is -3.68. The number of fused-ring (bicyclic) bond motifs is 1. The summed E-state index contributed by atoms with van der Waals surface area (Å²) in [4.78, 5) is 30.9. The lowest BCUT2D eigenvalue weighted by Gasteiger charge is -2.20. The molecule has 142 valence electrons. The van der Waals surface area contributed by atoms with E-state index >= 15 is 0 Å². The van der Waals surface area contributed by atoms with E-state index < -0.39 is 12.1 Å². The molecule has 3 heterocycles. The van der Waals surface area contributed by atoms with E-state index in [0.717, 1.165) is 16.8 Å². The van der Waals surface area contributed by atoms with E-state index in [1.807, 2.05) is 30.3 Å². The summed E-state index contributed by atoms with van der Waals surface area (Å²) in [6, 6.07) is 10.6. The van der Waals surface area contributed by atoms with Crippen LogP contribution in [0.25, 0.3) is 0 Å². The average Bonchev–Trinajstić information content (AvgIpc) is 3.15. The summed E-state index contributed by atoms with van der Waals surface area (Å²) in [5, 5.41) is 10.1. The fourth-order valence-corrected chi connectivity index (χ4v) is 3.18. The lowest BCUT2D eigenvalue weighted by molar-refractivity contribution is -0.119. The normalized spacial score (nSPS) is 16.1. The van der Waals surface area contributed by atoms with Crippen LogP contribution in [-0.4, -0.2) is 46.3 Å². The minimum Gasteiger partial charge on any atom is -0.381 e. The first-order valence-electron chi connectivity index (χ1n) is 8.95. The van der Waals surface area contributed by atoms with Crippen molar-refractivity contribution in [3.63, 3.8) is 0 Å². The van der Waals surface area contributed by atoms with Crippen molar-refractivity contribution in [1.29, 1.82) is 0 Å². The van der Waals surface area contributed by atoms with E-state index in [0.29, 0.717) is 12.1 Å². The fraction of sp³-hybridized carbons (Fsp3) is 0.200.